The Balaban J connectivity index is 1.84. The van der Waals surface area contributed by atoms with Gasteiger partial charge in [-0.05, 0) is 48.7 Å². The maximum atomic E-state index is 12.7. The molecule has 0 N–H and O–H groups in total. The van der Waals surface area contributed by atoms with E-state index in [1.54, 1.807) is 4.40 Å². The zero-order chi connectivity index (χ0) is 16.7. The van der Waals surface area contributed by atoms with Gasteiger partial charge in [-0.1, -0.05) is 53.8 Å². The lowest BCUT2D eigenvalue weighted by Gasteiger charge is -1.98. The highest BCUT2D eigenvalue weighted by molar-refractivity contribution is 7.15. The molecule has 0 aliphatic heterocycles. The van der Waals surface area contributed by atoms with E-state index in [4.69, 9.17) is 0 Å². The second-order valence-electron chi connectivity index (χ2n) is 5.86. The molecule has 4 rings (SSSR count). The number of thiazole rings is 1. The van der Waals surface area contributed by atoms with Gasteiger partial charge in [-0.3, -0.25) is 4.79 Å². The maximum Gasteiger partial charge on any atom is 0.274 e. The zero-order valence-corrected chi connectivity index (χ0v) is 14.3. The molecule has 0 saturated heterocycles. The molecule has 2 aromatic heterocycles. The lowest BCUT2D eigenvalue weighted by atomic mass is 10.1. The van der Waals surface area contributed by atoms with Crippen LogP contribution in [-0.2, 0) is 0 Å². The number of rotatable bonds is 2. The summed E-state index contributed by atoms with van der Waals surface area (Å²) in [4.78, 5) is 18.1. The molecule has 3 nitrogen and oxygen atoms in total. The van der Waals surface area contributed by atoms with Crippen LogP contribution in [0.15, 0.2) is 53.3 Å². The van der Waals surface area contributed by atoms with Crippen molar-refractivity contribution >= 4 is 39.5 Å². The van der Waals surface area contributed by atoms with Crippen molar-refractivity contribution in [2.24, 2.45) is 0 Å². The largest absolute Gasteiger partial charge is 0.274 e. The summed E-state index contributed by atoms with van der Waals surface area (Å²) >= 11 is 1.43. The van der Waals surface area contributed by atoms with Crippen LogP contribution < -0.4 is 10.1 Å². The molecular weight excluding hydrogens is 316 g/mol. The van der Waals surface area contributed by atoms with Crippen molar-refractivity contribution in [3.8, 4) is 0 Å². The molecule has 24 heavy (non-hydrogen) atoms. The van der Waals surface area contributed by atoms with E-state index in [0.29, 0.717) is 4.53 Å². The topological polar surface area (TPSA) is 34.4 Å². The van der Waals surface area contributed by atoms with Crippen LogP contribution in [0.5, 0.6) is 0 Å². The Bertz CT molecular complexity index is 1180. The number of aromatic nitrogens is 2. The fourth-order valence-corrected chi connectivity index (χ4v) is 3.68. The van der Waals surface area contributed by atoms with Crippen molar-refractivity contribution in [2.45, 2.75) is 13.8 Å². The number of hydrogen-bond acceptors (Lipinski definition) is 3. The van der Waals surface area contributed by atoms with Crippen LogP contribution in [0.1, 0.15) is 16.7 Å². The van der Waals surface area contributed by atoms with Crippen molar-refractivity contribution in [3.05, 3.63) is 80.1 Å². The highest BCUT2D eigenvalue weighted by Gasteiger charge is 2.11. The number of hydrogen-bond donors (Lipinski definition) is 0. The molecule has 0 fully saturated rings. The fraction of sp³-hybridized carbons (Fsp3) is 0.100. The third-order valence-corrected chi connectivity index (χ3v) is 5.18. The Morgan fingerprint density at radius 1 is 1.08 bits per heavy atom. The smallest absolute Gasteiger partial charge is 0.267 e. The number of benzene rings is 2. The molecule has 0 spiro atoms. The van der Waals surface area contributed by atoms with E-state index in [1.807, 2.05) is 60.7 Å². The number of nitrogens with zero attached hydrogens (tertiary/aromatic N) is 2. The quantitative estimate of drug-likeness (QED) is 0.560. The number of fused-ring (bicyclic) bond motifs is 3. The maximum absolute atomic E-state index is 12.7. The zero-order valence-electron chi connectivity index (χ0n) is 13.5. The molecule has 2 heterocycles. The first-order valence-corrected chi connectivity index (χ1v) is 8.61. The molecule has 0 atom stereocenters. The molecular formula is C20H16N2OS. The van der Waals surface area contributed by atoms with Gasteiger partial charge in [-0.2, -0.15) is 0 Å². The van der Waals surface area contributed by atoms with E-state index in [0.717, 1.165) is 21.6 Å². The van der Waals surface area contributed by atoms with E-state index in [2.05, 4.69) is 18.8 Å². The average Bonchev–Trinajstić information content (AvgIpc) is 3.06. The summed E-state index contributed by atoms with van der Waals surface area (Å²) in [5.41, 5.74) is 5.24. The molecule has 118 valence electrons. The lowest BCUT2D eigenvalue weighted by Crippen LogP contribution is -2.22. The molecule has 0 saturated carbocycles. The number of allylic oxidation sites excluding steroid dienone is 1. The Morgan fingerprint density at radius 2 is 1.83 bits per heavy atom. The van der Waals surface area contributed by atoms with Crippen LogP contribution in [0, 0.1) is 13.8 Å². The molecule has 0 unspecified atom stereocenters. The Kier molecular flexibility index (Phi) is 3.54. The summed E-state index contributed by atoms with van der Waals surface area (Å²) in [7, 11) is 0. The van der Waals surface area contributed by atoms with Crippen molar-refractivity contribution in [1.82, 2.24) is 9.38 Å². The monoisotopic (exact) mass is 332 g/mol. The van der Waals surface area contributed by atoms with Gasteiger partial charge >= 0.3 is 0 Å². The summed E-state index contributed by atoms with van der Waals surface area (Å²) in [6, 6.07) is 14.1. The highest BCUT2D eigenvalue weighted by atomic mass is 32.1. The van der Waals surface area contributed by atoms with E-state index < -0.39 is 0 Å². The molecule has 0 radical (unpaired) electrons. The van der Waals surface area contributed by atoms with Gasteiger partial charge in [0.05, 0.1) is 15.6 Å². The molecule has 0 amide bonds. The number of aryl methyl sites for hydroxylation is 2. The van der Waals surface area contributed by atoms with Crippen LogP contribution in [0.4, 0.5) is 0 Å². The normalized spacial score (nSPS) is 12.8. The lowest BCUT2D eigenvalue weighted by molar-refractivity contribution is 1.18. The third kappa shape index (κ3) is 2.45. The van der Waals surface area contributed by atoms with Crippen molar-refractivity contribution in [2.75, 3.05) is 0 Å². The predicted molar refractivity (Wildman–Crippen MR) is 101 cm³/mol. The van der Waals surface area contributed by atoms with Crippen molar-refractivity contribution < 1.29 is 0 Å². The minimum Gasteiger partial charge on any atom is -0.267 e. The van der Waals surface area contributed by atoms with Gasteiger partial charge in [-0.15, -0.1) is 0 Å². The standard InChI is InChI=1S/C20H16N2OS/c1-13-11-16-17(12-14(13)2)22-19(23)18(24-20(22)21-16)10-6-9-15-7-4-3-5-8-15/h3-12H,1-2H3/b9-6+,18-10?. The first-order chi connectivity index (χ1) is 11.6. The van der Waals surface area contributed by atoms with Gasteiger partial charge in [0.15, 0.2) is 4.96 Å². The van der Waals surface area contributed by atoms with E-state index >= 15 is 0 Å². The summed E-state index contributed by atoms with van der Waals surface area (Å²) in [5.74, 6) is 0. The van der Waals surface area contributed by atoms with Gasteiger partial charge in [0.25, 0.3) is 5.56 Å². The first kappa shape index (κ1) is 14.8. The second kappa shape index (κ2) is 5.73. The Labute approximate surface area is 143 Å². The minimum absolute atomic E-state index is 0.00142. The summed E-state index contributed by atoms with van der Waals surface area (Å²) in [6.07, 6.45) is 5.77. The molecule has 0 aliphatic rings. The average molecular weight is 332 g/mol. The number of imidazole rings is 1. The Morgan fingerprint density at radius 3 is 2.62 bits per heavy atom. The van der Waals surface area contributed by atoms with E-state index in [-0.39, 0.29) is 5.56 Å². The van der Waals surface area contributed by atoms with Gasteiger partial charge in [0, 0.05) is 0 Å². The van der Waals surface area contributed by atoms with Gasteiger partial charge < -0.3 is 0 Å². The SMILES string of the molecule is Cc1cc2nc3sc(=C/C=C/c4ccccc4)c(=O)n3c2cc1C. The third-order valence-electron chi connectivity index (χ3n) is 4.19. The highest BCUT2D eigenvalue weighted by Crippen LogP contribution is 2.20. The summed E-state index contributed by atoms with van der Waals surface area (Å²) in [5, 5.41) is 0. The first-order valence-electron chi connectivity index (χ1n) is 7.79. The fourth-order valence-electron chi connectivity index (χ4n) is 2.74. The van der Waals surface area contributed by atoms with Gasteiger partial charge in [-0.25, -0.2) is 9.38 Å². The molecule has 0 bridgehead atoms. The van der Waals surface area contributed by atoms with Gasteiger partial charge in [0.2, 0.25) is 0 Å². The van der Waals surface area contributed by atoms with E-state index in [1.165, 1.54) is 22.5 Å². The van der Waals surface area contributed by atoms with Crippen LogP contribution in [0.25, 0.3) is 28.1 Å². The van der Waals surface area contributed by atoms with Crippen LogP contribution >= 0.6 is 11.3 Å². The Hall–Kier alpha value is -2.72. The molecule has 4 heteroatoms. The van der Waals surface area contributed by atoms with E-state index in [9.17, 15) is 4.79 Å². The predicted octanol–water partition coefficient (Wildman–Crippen LogP) is 3.74. The van der Waals surface area contributed by atoms with Crippen LogP contribution in [0.3, 0.4) is 0 Å². The molecule has 0 aliphatic carbocycles. The van der Waals surface area contributed by atoms with Crippen LogP contribution in [-0.4, -0.2) is 9.38 Å². The van der Waals surface area contributed by atoms with Crippen molar-refractivity contribution in [3.63, 3.8) is 0 Å². The minimum atomic E-state index is -0.00142. The van der Waals surface area contributed by atoms with Crippen molar-refractivity contribution in [1.29, 1.82) is 0 Å². The summed E-state index contributed by atoms with van der Waals surface area (Å²) < 4.78 is 2.42. The molecule has 2 aromatic carbocycles. The second-order valence-corrected chi connectivity index (χ2v) is 6.87. The summed E-state index contributed by atoms with van der Waals surface area (Å²) in [6.45, 7) is 4.12. The van der Waals surface area contributed by atoms with Gasteiger partial charge in [0.1, 0.15) is 0 Å². The van der Waals surface area contributed by atoms with Crippen LogP contribution in [0.2, 0.25) is 0 Å². The molecule has 4 aromatic rings.